The van der Waals surface area contributed by atoms with E-state index >= 15 is 0 Å². The maximum atomic E-state index is 12.7. The van der Waals surface area contributed by atoms with Crippen LogP contribution >= 0.6 is 11.6 Å². The number of ether oxygens (including phenoxy) is 1. The Morgan fingerprint density at radius 2 is 2.07 bits per heavy atom. The quantitative estimate of drug-likeness (QED) is 0.508. The molecule has 1 aromatic carbocycles. The van der Waals surface area contributed by atoms with Gasteiger partial charge in [-0.15, -0.1) is 0 Å². The van der Waals surface area contributed by atoms with Crippen molar-refractivity contribution < 1.29 is 4.74 Å². The molecule has 0 fully saturated rings. The van der Waals surface area contributed by atoms with E-state index in [2.05, 4.69) is 20.6 Å². The molecule has 0 unspecified atom stereocenters. The molecule has 3 aromatic rings. The number of nitrogens with zero attached hydrogens (tertiary/aromatic N) is 4. The monoisotopic (exact) mass is 396 g/mol. The van der Waals surface area contributed by atoms with Crippen LogP contribution in [0.5, 0.6) is 5.75 Å². The maximum absolute atomic E-state index is 12.7. The number of hydrogen-bond acceptors (Lipinski definition) is 6. The number of aromatic nitrogens is 3. The number of halogens is 1. The minimum Gasteiger partial charge on any atom is -0.495 e. The van der Waals surface area contributed by atoms with Gasteiger partial charge >= 0.3 is 0 Å². The van der Waals surface area contributed by atoms with Crippen LogP contribution in [0.15, 0.2) is 40.2 Å². The van der Waals surface area contributed by atoms with Crippen molar-refractivity contribution in [3.8, 4) is 17.5 Å². The number of methoxy groups -OCH3 is 1. The second-order valence-corrected chi connectivity index (χ2v) is 6.38. The topological polar surface area (TPSA) is 108 Å². The van der Waals surface area contributed by atoms with Crippen molar-refractivity contribution in [2.45, 2.75) is 13.8 Å². The van der Waals surface area contributed by atoms with E-state index in [-0.39, 0.29) is 16.9 Å². The van der Waals surface area contributed by atoms with Crippen molar-refractivity contribution in [3.05, 3.63) is 68.2 Å². The van der Waals surface area contributed by atoms with E-state index < -0.39 is 0 Å². The second kappa shape index (κ2) is 7.98. The lowest BCUT2D eigenvalue weighted by Crippen LogP contribution is -2.17. The van der Waals surface area contributed by atoms with Crippen LogP contribution in [0.25, 0.3) is 5.69 Å². The van der Waals surface area contributed by atoms with E-state index in [9.17, 15) is 10.1 Å². The molecule has 0 saturated heterocycles. The van der Waals surface area contributed by atoms with Crippen LogP contribution < -0.4 is 15.7 Å². The van der Waals surface area contributed by atoms with Crippen LogP contribution in [0, 0.1) is 25.2 Å². The molecule has 0 aliphatic heterocycles. The average molecular weight is 397 g/mol. The summed E-state index contributed by atoms with van der Waals surface area (Å²) in [5, 5.41) is 17.0. The molecule has 0 spiro atoms. The summed E-state index contributed by atoms with van der Waals surface area (Å²) in [6, 6.07) is 10.6. The van der Waals surface area contributed by atoms with Gasteiger partial charge in [-0.1, -0.05) is 11.6 Å². The van der Waals surface area contributed by atoms with Gasteiger partial charge < -0.3 is 4.74 Å². The highest BCUT2D eigenvalue weighted by molar-refractivity contribution is 6.30. The molecular weight excluding hydrogens is 380 g/mol. The molecule has 0 amide bonds. The first-order valence-electron chi connectivity index (χ1n) is 8.27. The van der Waals surface area contributed by atoms with Crippen molar-refractivity contribution in [2.24, 2.45) is 5.10 Å². The van der Waals surface area contributed by atoms with Gasteiger partial charge in [-0.3, -0.25) is 15.3 Å². The standard InChI is InChI=1S/C19H17ClN6O2/c1-11-8-17(28-3)15(9-21)18(23-11)24-22-10-16-12(2)25-26(19(16)27)14-6-4-13(20)5-7-14/h4-8,10,25H,1-3H3,(H,23,24)/b22-10+. The van der Waals surface area contributed by atoms with Gasteiger partial charge in [0.2, 0.25) is 0 Å². The van der Waals surface area contributed by atoms with Gasteiger partial charge in [-0.2, -0.15) is 10.4 Å². The molecule has 3 rings (SSSR count). The zero-order valence-corrected chi connectivity index (χ0v) is 16.2. The SMILES string of the molecule is COc1cc(C)nc(N/N=C/c2c(C)[nH]n(-c3ccc(Cl)cc3)c2=O)c1C#N. The number of anilines is 1. The van der Waals surface area contributed by atoms with E-state index in [4.69, 9.17) is 16.3 Å². The molecule has 0 bridgehead atoms. The lowest BCUT2D eigenvalue weighted by atomic mass is 10.2. The largest absolute Gasteiger partial charge is 0.495 e. The lowest BCUT2D eigenvalue weighted by Gasteiger charge is -2.08. The van der Waals surface area contributed by atoms with Gasteiger partial charge in [-0.05, 0) is 38.1 Å². The van der Waals surface area contributed by atoms with Crippen molar-refractivity contribution in [3.63, 3.8) is 0 Å². The van der Waals surface area contributed by atoms with E-state index in [1.165, 1.54) is 18.0 Å². The number of benzene rings is 1. The Bertz CT molecular complexity index is 1140. The Morgan fingerprint density at radius 1 is 1.36 bits per heavy atom. The average Bonchev–Trinajstić information content (AvgIpc) is 2.96. The Balaban J connectivity index is 1.91. The van der Waals surface area contributed by atoms with Crippen LogP contribution in [0.1, 0.15) is 22.5 Å². The van der Waals surface area contributed by atoms with Gasteiger partial charge in [0.15, 0.2) is 5.82 Å². The molecule has 9 heteroatoms. The molecule has 28 heavy (non-hydrogen) atoms. The molecule has 0 saturated carbocycles. The third kappa shape index (κ3) is 3.75. The normalized spacial score (nSPS) is 10.8. The highest BCUT2D eigenvalue weighted by Gasteiger charge is 2.13. The van der Waals surface area contributed by atoms with E-state index in [1.54, 1.807) is 44.2 Å². The fourth-order valence-corrected chi connectivity index (χ4v) is 2.76. The van der Waals surface area contributed by atoms with Gasteiger partial charge in [0, 0.05) is 22.5 Å². The lowest BCUT2D eigenvalue weighted by molar-refractivity contribution is 0.412. The van der Waals surface area contributed by atoms with E-state index in [0.717, 1.165) is 0 Å². The number of rotatable bonds is 5. The molecular formula is C19H17ClN6O2. The third-order valence-corrected chi connectivity index (χ3v) is 4.26. The number of nitrogens with one attached hydrogen (secondary N) is 2. The van der Waals surface area contributed by atoms with Crippen LogP contribution in [-0.4, -0.2) is 28.1 Å². The molecule has 142 valence electrons. The molecule has 8 nitrogen and oxygen atoms in total. The maximum Gasteiger partial charge on any atom is 0.280 e. The summed E-state index contributed by atoms with van der Waals surface area (Å²) < 4.78 is 6.60. The molecule has 0 radical (unpaired) electrons. The van der Waals surface area contributed by atoms with Crippen molar-refractivity contribution in [1.29, 1.82) is 5.26 Å². The summed E-state index contributed by atoms with van der Waals surface area (Å²) in [5.74, 6) is 0.650. The first kappa shape index (κ1) is 19.2. The summed E-state index contributed by atoms with van der Waals surface area (Å²) >= 11 is 5.89. The minimum atomic E-state index is -0.263. The number of H-pyrrole nitrogens is 1. The van der Waals surface area contributed by atoms with Crippen LogP contribution in [0.3, 0.4) is 0 Å². The zero-order valence-electron chi connectivity index (χ0n) is 15.4. The molecule has 0 aliphatic rings. The smallest absolute Gasteiger partial charge is 0.280 e. The highest BCUT2D eigenvalue weighted by atomic mass is 35.5. The van der Waals surface area contributed by atoms with Crippen molar-refractivity contribution >= 4 is 23.6 Å². The number of pyridine rings is 1. The number of aryl methyl sites for hydroxylation is 2. The first-order valence-corrected chi connectivity index (χ1v) is 8.64. The van der Waals surface area contributed by atoms with Gasteiger partial charge in [0.25, 0.3) is 5.56 Å². The van der Waals surface area contributed by atoms with Gasteiger partial charge in [-0.25, -0.2) is 9.67 Å². The fraction of sp³-hybridized carbons (Fsp3) is 0.158. The molecule has 2 aromatic heterocycles. The van der Waals surface area contributed by atoms with E-state index in [1.807, 2.05) is 6.07 Å². The summed E-state index contributed by atoms with van der Waals surface area (Å²) in [6.07, 6.45) is 1.39. The summed E-state index contributed by atoms with van der Waals surface area (Å²) in [4.78, 5) is 16.9. The fourth-order valence-electron chi connectivity index (χ4n) is 2.63. The Labute approximate surface area is 166 Å². The predicted octanol–water partition coefficient (Wildman–Crippen LogP) is 3.16. The minimum absolute atomic E-state index is 0.231. The third-order valence-electron chi connectivity index (χ3n) is 4.01. The summed E-state index contributed by atoms with van der Waals surface area (Å²) in [7, 11) is 1.48. The second-order valence-electron chi connectivity index (χ2n) is 5.94. The number of hydrazone groups is 1. The van der Waals surface area contributed by atoms with Gasteiger partial charge in [0.05, 0.1) is 24.6 Å². The molecule has 0 atom stereocenters. The number of hydrogen-bond donors (Lipinski definition) is 2. The molecule has 0 aliphatic carbocycles. The summed E-state index contributed by atoms with van der Waals surface area (Å²) in [5.41, 5.74) is 5.02. The highest BCUT2D eigenvalue weighted by Crippen LogP contribution is 2.24. The van der Waals surface area contributed by atoms with Crippen molar-refractivity contribution in [2.75, 3.05) is 12.5 Å². The van der Waals surface area contributed by atoms with Crippen molar-refractivity contribution in [1.82, 2.24) is 14.8 Å². The van der Waals surface area contributed by atoms with Crippen LogP contribution in [-0.2, 0) is 0 Å². The number of aromatic amines is 1. The van der Waals surface area contributed by atoms with Crippen LogP contribution in [0.4, 0.5) is 5.82 Å². The Kier molecular flexibility index (Phi) is 5.47. The Morgan fingerprint density at radius 3 is 2.71 bits per heavy atom. The number of nitriles is 1. The predicted molar refractivity (Wildman–Crippen MR) is 108 cm³/mol. The zero-order chi connectivity index (χ0) is 20.3. The van der Waals surface area contributed by atoms with Crippen LogP contribution in [0.2, 0.25) is 5.02 Å². The van der Waals surface area contributed by atoms with Gasteiger partial charge in [0.1, 0.15) is 17.4 Å². The van der Waals surface area contributed by atoms with E-state index in [0.29, 0.717) is 33.4 Å². The first-order chi connectivity index (χ1) is 13.4. The molecule has 2 heterocycles. The Hall–Kier alpha value is -3.57. The molecule has 2 N–H and O–H groups in total. The summed E-state index contributed by atoms with van der Waals surface area (Å²) in [6.45, 7) is 3.55.